The van der Waals surface area contributed by atoms with Crippen molar-refractivity contribution in [2.45, 2.75) is 27.7 Å². The molecule has 124 heavy (non-hydrogen) atoms. The first kappa shape index (κ1) is 75.8. The van der Waals surface area contributed by atoms with Crippen molar-refractivity contribution in [2.75, 3.05) is 0 Å². The minimum atomic E-state index is 1.28. The Morgan fingerprint density at radius 3 is 0.734 bits per heavy atom. The van der Waals surface area contributed by atoms with Gasteiger partial charge in [0.1, 0.15) is 0 Å². The zero-order valence-corrected chi connectivity index (χ0v) is 69.9. The second kappa shape index (κ2) is 32.8. The monoisotopic (exact) mass is 1580 g/mol. The number of hydrogen-bond donors (Lipinski definition) is 0. The Morgan fingerprint density at radius 2 is 0.323 bits per heavy atom. The van der Waals surface area contributed by atoms with Crippen LogP contribution in [0.2, 0.25) is 0 Å². The molecule has 24 aromatic rings. The molecule has 0 radical (unpaired) electrons. The molecule has 0 aliphatic rings. The summed E-state index contributed by atoms with van der Waals surface area (Å²) in [7, 11) is 0. The summed E-state index contributed by atoms with van der Waals surface area (Å²) in [4.78, 5) is 0. The zero-order chi connectivity index (χ0) is 83.1. The van der Waals surface area contributed by atoms with Crippen LogP contribution in [0.15, 0.2) is 461 Å². The van der Waals surface area contributed by atoms with Crippen molar-refractivity contribution < 1.29 is 0 Å². The predicted octanol–water partition coefficient (Wildman–Crippen LogP) is 35.2. The topological polar surface area (TPSA) is 0 Å². The first-order valence-corrected chi connectivity index (χ1v) is 43.2. The summed E-state index contributed by atoms with van der Waals surface area (Å²) in [6, 6.07) is 168. The quantitative estimate of drug-likeness (QED) is 0.142. The van der Waals surface area contributed by atoms with Gasteiger partial charge >= 0.3 is 0 Å². The van der Waals surface area contributed by atoms with Crippen LogP contribution in [0.4, 0.5) is 0 Å². The van der Waals surface area contributed by atoms with Gasteiger partial charge in [0.25, 0.3) is 0 Å². The average molecular weight is 1580 g/mol. The van der Waals surface area contributed by atoms with E-state index in [1.165, 1.54) is 241 Å². The SMILES string of the molecule is Cc1cc(-c2cccc3ccccc23)c2ccccc2c1-c1cccc2ccccc12.Cc1ccc2cccc(-c3ccc(-c4cccc5ccccc45)c4ccccc34)c2c1.Cc1ccc2ccccc2c1-c1ccc(-c2cccc3ccccc23)c2ccccc12.Cc1cccc2c(-c3ccc(-c4cccc5ccccc45)c4ccccc34)cccc12. The van der Waals surface area contributed by atoms with Crippen molar-refractivity contribution in [3.63, 3.8) is 0 Å². The van der Waals surface area contributed by atoms with Gasteiger partial charge in [-0.1, -0.05) is 467 Å². The van der Waals surface area contributed by atoms with E-state index in [9.17, 15) is 0 Å². The highest BCUT2D eigenvalue weighted by atomic mass is 14.2. The third-order valence-corrected chi connectivity index (χ3v) is 25.6. The molecule has 24 aromatic carbocycles. The van der Waals surface area contributed by atoms with Crippen LogP contribution in [-0.4, -0.2) is 0 Å². The summed E-state index contributed by atoms with van der Waals surface area (Å²) in [6.45, 7) is 8.82. The van der Waals surface area contributed by atoms with Gasteiger partial charge in [-0.3, -0.25) is 0 Å². The fourth-order valence-corrected chi connectivity index (χ4v) is 19.7. The Bertz CT molecular complexity index is 8080. The zero-order valence-electron chi connectivity index (χ0n) is 69.9. The molecule has 0 aliphatic heterocycles. The highest BCUT2D eigenvalue weighted by molar-refractivity contribution is 6.18. The van der Waals surface area contributed by atoms with Crippen molar-refractivity contribution in [3.05, 3.63) is 483 Å². The lowest BCUT2D eigenvalue weighted by atomic mass is 9.86. The van der Waals surface area contributed by atoms with Gasteiger partial charge in [-0.15, -0.1) is 0 Å². The van der Waals surface area contributed by atoms with Crippen LogP contribution in [-0.2, 0) is 0 Å². The third kappa shape index (κ3) is 13.9. The largest absolute Gasteiger partial charge is 0.0616 e. The van der Waals surface area contributed by atoms with E-state index in [0.29, 0.717) is 0 Å². The van der Waals surface area contributed by atoms with E-state index in [1.807, 2.05) is 0 Å². The van der Waals surface area contributed by atoms with Gasteiger partial charge in [0.15, 0.2) is 0 Å². The van der Waals surface area contributed by atoms with Gasteiger partial charge in [-0.2, -0.15) is 0 Å². The minimum Gasteiger partial charge on any atom is -0.0616 e. The fourth-order valence-electron chi connectivity index (χ4n) is 19.7. The molecule has 0 fully saturated rings. The molecule has 0 atom stereocenters. The summed E-state index contributed by atoms with van der Waals surface area (Å²) < 4.78 is 0. The van der Waals surface area contributed by atoms with Gasteiger partial charge in [0.2, 0.25) is 0 Å². The van der Waals surface area contributed by atoms with E-state index in [2.05, 4.69) is 489 Å². The third-order valence-electron chi connectivity index (χ3n) is 25.6. The van der Waals surface area contributed by atoms with E-state index >= 15 is 0 Å². The summed E-state index contributed by atoms with van der Waals surface area (Å²) in [5, 5.41) is 31.1. The number of hydrogen-bond acceptors (Lipinski definition) is 0. The number of rotatable bonds is 8. The second-order valence-corrected chi connectivity index (χ2v) is 32.9. The molecule has 24 rings (SSSR count). The van der Waals surface area contributed by atoms with Crippen LogP contribution in [0.25, 0.3) is 218 Å². The maximum atomic E-state index is 2.38. The van der Waals surface area contributed by atoms with Crippen LogP contribution in [0.3, 0.4) is 0 Å². The lowest BCUT2D eigenvalue weighted by molar-refractivity contribution is 1.49. The van der Waals surface area contributed by atoms with E-state index in [0.717, 1.165) is 0 Å². The second-order valence-electron chi connectivity index (χ2n) is 32.9. The predicted molar refractivity (Wildman–Crippen MR) is 538 cm³/mol. The molecule has 0 N–H and O–H groups in total. The highest BCUT2D eigenvalue weighted by Crippen LogP contribution is 2.48. The molecule has 584 valence electrons. The highest BCUT2D eigenvalue weighted by Gasteiger charge is 2.21. The number of benzene rings is 24. The van der Waals surface area contributed by atoms with Crippen molar-refractivity contribution >= 4 is 129 Å². The molecule has 0 nitrogen and oxygen atoms in total. The molecular formula is C124H88. The van der Waals surface area contributed by atoms with Crippen LogP contribution >= 0.6 is 0 Å². The smallest absolute Gasteiger partial charge is 0.00694 e. The minimum absolute atomic E-state index is 1.28. The summed E-state index contributed by atoms with van der Waals surface area (Å²) in [5.74, 6) is 0. The Labute approximate surface area is 724 Å². The molecule has 0 saturated carbocycles. The maximum absolute atomic E-state index is 2.38. The molecule has 0 saturated heterocycles. The Hall–Kier alpha value is -15.6. The van der Waals surface area contributed by atoms with Gasteiger partial charge in [0.05, 0.1) is 0 Å². The first-order chi connectivity index (χ1) is 61.2. The summed E-state index contributed by atoms with van der Waals surface area (Å²) in [6.07, 6.45) is 0. The van der Waals surface area contributed by atoms with E-state index in [1.54, 1.807) is 0 Å². The van der Waals surface area contributed by atoms with E-state index < -0.39 is 0 Å². The lowest BCUT2D eigenvalue weighted by Crippen LogP contribution is -1.92. The number of fused-ring (bicyclic) bond motifs is 12. The average Bonchev–Trinajstić information content (AvgIpc) is 0.754. The maximum Gasteiger partial charge on any atom is -0.00694 e. The summed E-state index contributed by atoms with van der Waals surface area (Å²) in [5.41, 5.74) is 26.0. The van der Waals surface area contributed by atoms with Crippen molar-refractivity contribution in [3.8, 4) is 89.0 Å². The molecule has 0 unspecified atom stereocenters. The molecule has 0 aliphatic carbocycles. The Kier molecular flexibility index (Phi) is 20.1. The molecule has 0 amide bonds. The van der Waals surface area contributed by atoms with Crippen LogP contribution in [0.1, 0.15) is 22.3 Å². The molecule has 0 heteroatoms. The standard InChI is InChI=1S/4C31H22/c1-21-20-30(26-18-8-12-22-10-2-4-14-24(22)26)27-16-6-7-17-29(27)31(21)28-19-9-13-23-11-3-5-15-25(23)28;1-21-17-18-23-10-3-5-13-25(23)31(21)30-20-19-29(27-14-6-7-15-28(27)30)26-16-8-11-22-9-2-4-12-24(22)26;1-21-9-6-16-25-23(21)15-8-18-29(25)31-20-19-30(27-13-4-5-14-28(27)31)26-17-7-11-22-10-2-3-12-24(22)26;1-21-16-17-23-10-7-15-28(31(23)20-21)30-19-18-29(26-12-4-5-13-27(26)30)25-14-6-9-22-8-2-3-11-24(22)25/h4*2-20H,1H3. The number of aryl methyl sites for hydroxylation is 4. The molecule has 0 heterocycles. The Morgan fingerprint density at radius 1 is 0.105 bits per heavy atom. The van der Waals surface area contributed by atoms with Gasteiger partial charge in [-0.25, -0.2) is 0 Å². The van der Waals surface area contributed by atoms with Crippen LogP contribution in [0.5, 0.6) is 0 Å². The van der Waals surface area contributed by atoms with Gasteiger partial charge in [0, 0.05) is 0 Å². The molecule has 0 spiro atoms. The Balaban J connectivity index is 0.000000101. The van der Waals surface area contributed by atoms with Gasteiger partial charge in [-0.05, 0) is 263 Å². The fraction of sp³-hybridized carbons (Fsp3) is 0.0323. The van der Waals surface area contributed by atoms with Gasteiger partial charge < -0.3 is 0 Å². The lowest BCUT2D eigenvalue weighted by Gasteiger charge is -2.18. The van der Waals surface area contributed by atoms with Crippen molar-refractivity contribution in [1.82, 2.24) is 0 Å². The molecule has 0 bridgehead atoms. The summed E-state index contributed by atoms with van der Waals surface area (Å²) >= 11 is 0. The first-order valence-electron chi connectivity index (χ1n) is 43.2. The van der Waals surface area contributed by atoms with Crippen molar-refractivity contribution in [1.29, 1.82) is 0 Å². The normalized spacial score (nSPS) is 11.4. The van der Waals surface area contributed by atoms with Crippen LogP contribution < -0.4 is 0 Å². The molecular weight excluding hydrogens is 1490 g/mol. The van der Waals surface area contributed by atoms with E-state index in [4.69, 9.17) is 0 Å². The van der Waals surface area contributed by atoms with Crippen LogP contribution in [0, 0.1) is 27.7 Å². The van der Waals surface area contributed by atoms with E-state index in [-0.39, 0.29) is 0 Å². The molecule has 0 aromatic heterocycles. The van der Waals surface area contributed by atoms with Crippen molar-refractivity contribution in [2.24, 2.45) is 0 Å².